The quantitative estimate of drug-likeness (QED) is 0.627. The van der Waals surface area contributed by atoms with Gasteiger partial charge in [0.25, 0.3) is 0 Å². The molecule has 2 aromatic carbocycles. The molecule has 0 saturated carbocycles. The lowest BCUT2D eigenvalue weighted by Gasteiger charge is -2.20. The van der Waals surface area contributed by atoms with E-state index in [1.807, 2.05) is 19.0 Å². The molecule has 3 rings (SSSR count). The van der Waals surface area contributed by atoms with Crippen LogP contribution >= 0.6 is 0 Å². The average molecular weight is 417 g/mol. The molecule has 0 amide bonds. The third kappa shape index (κ3) is 4.04. The summed E-state index contributed by atoms with van der Waals surface area (Å²) in [5, 5.41) is 3.99. The number of benzene rings is 2. The van der Waals surface area contributed by atoms with Crippen molar-refractivity contribution >= 4 is 37.9 Å². The minimum atomic E-state index is -3.35. The summed E-state index contributed by atoms with van der Waals surface area (Å²) in [6.07, 6.45) is 1.44. The number of nitrogens with one attached hydrogen (secondary N) is 1. The van der Waals surface area contributed by atoms with Gasteiger partial charge in [-0.15, -0.1) is 0 Å². The van der Waals surface area contributed by atoms with Crippen LogP contribution in [0.2, 0.25) is 0 Å². The molecular weight excluding hydrogens is 392 g/mol. The molecule has 3 aromatic rings. The smallest absolute Gasteiger partial charge is 0.178 e. The molecule has 0 unspecified atom stereocenters. The molecule has 0 spiro atoms. The van der Waals surface area contributed by atoms with Gasteiger partial charge >= 0.3 is 0 Å². The highest BCUT2D eigenvalue weighted by Crippen LogP contribution is 2.36. The minimum Gasteiger partial charge on any atom is -0.493 e. The van der Waals surface area contributed by atoms with Gasteiger partial charge in [0, 0.05) is 25.5 Å². The Labute approximate surface area is 170 Å². The van der Waals surface area contributed by atoms with E-state index >= 15 is 0 Å². The van der Waals surface area contributed by atoms with E-state index < -0.39 is 9.84 Å². The predicted octanol–water partition coefficient (Wildman–Crippen LogP) is 3.25. The summed E-state index contributed by atoms with van der Waals surface area (Å²) in [5.41, 5.74) is 2.12. The van der Waals surface area contributed by atoms with Gasteiger partial charge in [-0.3, -0.25) is 0 Å². The maximum Gasteiger partial charge on any atom is 0.178 e. The van der Waals surface area contributed by atoms with Crippen molar-refractivity contribution in [1.82, 2.24) is 9.97 Å². The Morgan fingerprint density at radius 2 is 1.72 bits per heavy atom. The van der Waals surface area contributed by atoms with E-state index in [0.717, 1.165) is 11.1 Å². The van der Waals surface area contributed by atoms with E-state index in [0.29, 0.717) is 28.5 Å². The number of nitrogens with zero attached hydrogens (tertiary/aromatic N) is 3. The van der Waals surface area contributed by atoms with Crippen LogP contribution in [0.25, 0.3) is 10.9 Å². The highest BCUT2D eigenvalue weighted by molar-refractivity contribution is 7.91. The predicted molar refractivity (Wildman–Crippen MR) is 114 cm³/mol. The molecule has 1 heterocycles. The van der Waals surface area contributed by atoms with Gasteiger partial charge < -0.3 is 19.7 Å². The minimum absolute atomic E-state index is 0.0290. The number of hydrogen-bond donors (Lipinski definition) is 1. The van der Waals surface area contributed by atoms with Crippen molar-refractivity contribution in [3.05, 3.63) is 36.7 Å². The van der Waals surface area contributed by atoms with Crippen LogP contribution in [0.3, 0.4) is 0 Å². The fourth-order valence-corrected chi connectivity index (χ4v) is 3.88. The zero-order valence-corrected chi connectivity index (χ0v) is 17.9. The summed E-state index contributed by atoms with van der Waals surface area (Å²) in [6, 6.07) is 8.58. The van der Waals surface area contributed by atoms with E-state index in [4.69, 9.17) is 9.47 Å². The summed E-state index contributed by atoms with van der Waals surface area (Å²) >= 11 is 0. The summed E-state index contributed by atoms with van der Waals surface area (Å²) in [5.74, 6) is 1.68. The molecule has 1 N–H and O–H groups in total. The molecule has 154 valence electrons. The number of ether oxygens (including phenoxy) is 2. The van der Waals surface area contributed by atoms with Gasteiger partial charge in [-0.1, -0.05) is 6.92 Å². The SMILES string of the molecule is CCS(=O)(=O)c1ccc(N(C)C)c(Nc2ncnc3cc(OC)c(OC)cc23)c1. The first kappa shape index (κ1) is 20.7. The van der Waals surface area contributed by atoms with Crippen LogP contribution in [-0.4, -0.2) is 52.5 Å². The number of aromatic nitrogens is 2. The zero-order chi connectivity index (χ0) is 21.2. The second kappa shape index (κ2) is 8.12. The van der Waals surface area contributed by atoms with Crippen molar-refractivity contribution < 1.29 is 17.9 Å². The second-order valence-electron chi connectivity index (χ2n) is 6.55. The topological polar surface area (TPSA) is 93.7 Å². The van der Waals surface area contributed by atoms with Gasteiger partial charge in [-0.25, -0.2) is 18.4 Å². The molecular formula is C20H24N4O4S. The Balaban J connectivity index is 2.16. The summed E-state index contributed by atoms with van der Waals surface area (Å²) < 4.78 is 35.4. The van der Waals surface area contributed by atoms with Crippen molar-refractivity contribution in [3.63, 3.8) is 0 Å². The van der Waals surface area contributed by atoms with Gasteiger partial charge in [0.2, 0.25) is 0 Å². The molecule has 0 bridgehead atoms. The lowest BCUT2D eigenvalue weighted by molar-refractivity contribution is 0.356. The Hall–Kier alpha value is -3.07. The van der Waals surface area contributed by atoms with Crippen LogP contribution in [0.1, 0.15) is 6.92 Å². The van der Waals surface area contributed by atoms with Crippen LogP contribution in [0.15, 0.2) is 41.6 Å². The van der Waals surface area contributed by atoms with Gasteiger partial charge in [0.1, 0.15) is 12.1 Å². The number of methoxy groups -OCH3 is 2. The number of anilines is 3. The normalized spacial score (nSPS) is 11.3. The van der Waals surface area contributed by atoms with E-state index in [-0.39, 0.29) is 10.6 Å². The molecule has 0 aliphatic heterocycles. The van der Waals surface area contributed by atoms with Crippen LogP contribution < -0.4 is 19.7 Å². The van der Waals surface area contributed by atoms with E-state index in [1.54, 1.807) is 51.5 Å². The Bertz CT molecular complexity index is 1150. The molecule has 0 atom stereocenters. The van der Waals surface area contributed by atoms with Crippen molar-refractivity contribution in [2.75, 3.05) is 44.3 Å². The highest BCUT2D eigenvalue weighted by Gasteiger charge is 2.17. The Morgan fingerprint density at radius 1 is 1.03 bits per heavy atom. The Kier molecular flexibility index (Phi) is 5.78. The summed E-state index contributed by atoms with van der Waals surface area (Å²) in [7, 11) is 3.56. The van der Waals surface area contributed by atoms with Gasteiger partial charge in [-0.05, 0) is 24.3 Å². The van der Waals surface area contributed by atoms with Gasteiger partial charge in [0.15, 0.2) is 21.3 Å². The third-order valence-corrected chi connectivity index (χ3v) is 6.31. The zero-order valence-electron chi connectivity index (χ0n) is 17.1. The molecule has 0 fully saturated rings. The maximum absolute atomic E-state index is 12.4. The molecule has 0 saturated heterocycles. The van der Waals surface area contributed by atoms with E-state index in [9.17, 15) is 8.42 Å². The van der Waals surface area contributed by atoms with Crippen LogP contribution in [0, 0.1) is 0 Å². The third-order valence-electron chi connectivity index (χ3n) is 4.58. The molecule has 8 nitrogen and oxygen atoms in total. The van der Waals surface area contributed by atoms with Gasteiger partial charge in [0.05, 0.1) is 41.8 Å². The number of hydrogen-bond acceptors (Lipinski definition) is 8. The first-order chi connectivity index (χ1) is 13.8. The first-order valence-electron chi connectivity index (χ1n) is 8.98. The van der Waals surface area contributed by atoms with Crippen LogP contribution in [0.4, 0.5) is 17.2 Å². The van der Waals surface area contributed by atoms with E-state index in [2.05, 4.69) is 15.3 Å². The van der Waals surface area contributed by atoms with Crippen molar-refractivity contribution in [2.24, 2.45) is 0 Å². The van der Waals surface area contributed by atoms with Gasteiger partial charge in [-0.2, -0.15) is 0 Å². The fourth-order valence-electron chi connectivity index (χ4n) is 2.98. The average Bonchev–Trinajstić information content (AvgIpc) is 2.72. The van der Waals surface area contributed by atoms with Crippen LogP contribution in [0.5, 0.6) is 11.5 Å². The number of fused-ring (bicyclic) bond motifs is 1. The van der Waals surface area contributed by atoms with Crippen LogP contribution in [-0.2, 0) is 9.84 Å². The molecule has 29 heavy (non-hydrogen) atoms. The maximum atomic E-state index is 12.4. The molecule has 0 aliphatic carbocycles. The van der Waals surface area contributed by atoms with Crippen molar-refractivity contribution in [1.29, 1.82) is 0 Å². The Morgan fingerprint density at radius 3 is 2.34 bits per heavy atom. The lowest BCUT2D eigenvalue weighted by atomic mass is 10.2. The van der Waals surface area contributed by atoms with E-state index in [1.165, 1.54) is 6.33 Å². The number of sulfone groups is 1. The second-order valence-corrected chi connectivity index (χ2v) is 8.83. The summed E-state index contributed by atoms with van der Waals surface area (Å²) in [4.78, 5) is 10.8. The molecule has 0 aliphatic rings. The highest BCUT2D eigenvalue weighted by atomic mass is 32.2. The largest absolute Gasteiger partial charge is 0.493 e. The molecule has 1 aromatic heterocycles. The summed E-state index contributed by atoms with van der Waals surface area (Å²) in [6.45, 7) is 1.62. The first-order valence-corrected chi connectivity index (χ1v) is 10.6. The van der Waals surface area contributed by atoms with Crippen molar-refractivity contribution in [2.45, 2.75) is 11.8 Å². The van der Waals surface area contributed by atoms with Crippen molar-refractivity contribution in [3.8, 4) is 11.5 Å². The number of rotatable bonds is 7. The monoisotopic (exact) mass is 416 g/mol. The lowest BCUT2D eigenvalue weighted by Crippen LogP contribution is -2.13. The standard InChI is InChI=1S/C20H24N4O4S/c1-6-29(25,26)13-7-8-17(24(2)3)16(9-13)23-20-14-10-18(27-4)19(28-5)11-15(14)21-12-22-20/h7-12H,6H2,1-5H3,(H,21,22,23). The molecule has 9 heteroatoms. The fraction of sp³-hybridized carbons (Fsp3) is 0.300. The molecule has 0 radical (unpaired) electrons.